The lowest BCUT2D eigenvalue weighted by Gasteiger charge is -2.20. The molecule has 7 heteroatoms. The second-order valence-electron chi connectivity index (χ2n) is 6.77. The van der Waals surface area contributed by atoms with Crippen LogP contribution in [0.3, 0.4) is 0 Å². The normalized spacial score (nSPS) is 11.5. The standard InChI is InChI=1S/C19H20N4O3/c1-11-9-16-20-10-15(12(2)23(16)22-11)17(24)21-14-7-5-13(6-8-14)19(3,4)18(25)26/h5-10H,1-4H3,(H,21,24)(H,25,26). The van der Waals surface area contributed by atoms with Crippen molar-refractivity contribution in [2.75, 3.05) is 5.32 Å². The number of carbonyl (C=O) groups is 2. The summed E-state index contributed by atoms with van der Waals surface area (Å²) in [5, 5.41) is 16.4. The Balaban J connectivity index is 1.84. The second-order valence-corrected chi connectivity index (χ2v) is 6.77. The molecule has 0 fully saturated rings. The predicted molar refractivity (Wildman–Crippen MR) is 97.5 cm³/mol. The minimum Gasteiger partial charge on any atom is -0.481 e. The van der Waals surface area contributed by atoms with Crippen LogP contribution in [0.1, 0.15) is 41.2 Å². The molecule has 26 heavy (non-hydrogen) atoms. The molecule has 1 aromatic carbocycles. The van der Waals surface area contributed by atoms with E-state index in [0.717, 1.165) is 5.69 Å². The van der Waals surface area contributed by atoms with Crippen molar-refractivity contribution in [3.8, 4) is 0 Å². The predicted octanol–water partition coefficient (Wildman–Crippen LogP) is 2.96. The number of fused-ring (bicyclic) bond motifs is 1. The number of nitrogens with one attached hydrogen (secondary N) is 1. The fraction of sp³-hybridized carbons (Fsp3) is 0.263. The van der Waals surface area contributed by atoms with Crippen molar-refractivity contribution in [1.82, 2.24) is 14.6 Å². The first-order valence-electron chi connectivity index (χ1n) is 8.17. The van der Waals surface area contributed by atoms with Crippen molar-refractivity contribution < 1.29 is 14.7 Å². The molecule has 134 valence electrons. The first kappa shape index (κ1) is 17.6. The van der Waals surface area contributed by atoms with Crippen LogP contribution in [0.15, 0.2) is 36.5 Å². The SMILES string of the molecule is Cc1cc2ncc(C(=O)Nc3ccc(C(C)(C)C(=O)O)cc3)c(C)n2n1. The molecule has 0 bridgehead atoms. The molecule has 0 saturated carbocycles. The van der Waals surface area contributed by atoms with Gasteiger partial charge in [-0.15, -0.1) is 0 Å². The van der Waals surface area contributed by atoms with Gasteiger partial charge in [-0.25, -0.2) is 9.50 Å². The van der Waals surface area contributed by atoms with Crippen LogP contribution in [-0.2, 0) is 10.2 Å². The number of aryl methyl sites for hydroxylation is 2. The van der Waals surface area contributed by atoms with Crippen LogP contribution in [0.2, 0.25) is 0 Å². The highest BCUT2D eigenvalue weighted by molar-refractivity contribution is 6.05. The maximum absolute atomic E-state index is 12.6. The van der Waals surface area contributed by atoms with Gasteiger partial charge >= 0.3 is 5.97 Å². The van der Waals surface area contributed by atoms with Gasteiger partial charge in [0.1, 0.15) is 0 Å². The first-order chi connectivity index (χ1) is 12.2. The number of carbonyl (C=O) groups excluding carboxylic acids is 1. The van der Waals surface area contributed by atoms with Gasteiger partial charge in [0.2, 0.25) is 0 Å². The van der Waals surface area contributed by atoms with Crippen LogP contribution in [0.5, 0.6) is 0 Å². The summed E-state index contributed by atoms with van der Waals surface area (Å²) in [6.45, 7) is 6.96. The van der Waals surface area contributed by atoms with E-state index in [1.807, 2.05) is 19.9 Å². The molecule has 0 aliphatic rings. The lowest BCUT2D eigenvalue weighted by atomic mass is 9.85. The number of nitrogens with zero attached hydrogens (tertiary/aromatic N) is 3. The number of amides is 1. The Morgan fingerprint density at radius 1 is 1.15 bits per heavy atom. The summed E-state index contributed by atoms with van der Waals surface area (Å²) < 4.78 is 1.64. The van der Waals surface area contributed by atoms with Crippen LogP contribution in [0.4, 0.5) is 5.69 Å². The molecule has 0 radical (unpaired) electrons. The van der Waals surface area contributed by atoms with Gasteiger partial charge in [-0.2, -0.15) is 5.10 Å². The van der Waals surface area contributed by atoms with Gasteiger partial charge in [-0.3, -0.25) is 9.59 Å². The molecule has 3 rings (SSSR count). The number of anilines is 1. The molecule has 7 nitrogen and oxygen atoms in total. The minimum atomic E-state index is -0.994. The molecular weight excluding hydrogens is 332 g/mol. The van der Waals surface area contributed by atoms with E-state index in [4.69, 9.17) is 0 Å². The summed E-state index contributed by atoms with van der Waals surface area (Å²) in [5.74, 6) is -1.20. The van der Waals surface area contributed by atoms with E-state index in [2.05, 4.69) is 15.4 Å². The molecule has 0 saturated heterocycles. The quantitative estimate of drug-likeness (QED) is 0.752. The Morgan fingerprint density at radius 3 is 2.42 bits per heavy atom. The third-order valence-corrected chi connectivity index (χ3v) is 4.49. The Hall–Kier alpha value is -3.22. The van der Waals surface area contributed by atoms with E-state index in [0.29, 0.717) is 28.2 Å². The van der Waals surface area contributed by atoms with Crippen LogP contribution >= 0.6 is 0 Å². The number of carboxylic acids is 1. The third-order valence-electron chi connectivity index (χ3n) is 4.49. The molecule has 2 heterocycles. The van der Waals surface area contributed by atoms with Gasteiger partial charge in [-0.05, 0) is 45.4 Å². The number of rotatable bonds is 4. The van der Waals surface area contributed by atoms with Gasteiger partial charge in [0.15, 0.2) is 5.65 Å². The fourth-order valence-electron chi connectivity index (χ4n) is 2.68. The molecule has 1 amide bonds. The zero-order valence-corrected chi connectivity index (χ0v) is 15.1. The van der Waals surface area contributed by atoms with Gasteiger partial charge in [0.25, 0.3) is 5.91 Å². The van der Waals surface area contributed by atoms with Gasteiger partial charge in [0.05, 0.1) is 22.4 Å². The van der Waals surface area contributed by atoms with Gasteiger partial charge in [0, 0.05) is 18.0 Å². The smallest absolute Gasteiger partial charge is 0.313 e. The van der Waals surface area contributed by atoms with Crippen molar-refractivity contribution in [3.63, 3.8) is 0 Å². The largest absolute Gasteiger partial charge is 0.481 e. The molecule has 0 unspecified atom stereocenters. The van der Waals surface area contributed by atoms with Crippen molar-refractivity contribution in [1.29, 1.82) is 0 Å². The molecule has 0 atom stereocenters. The van der Waals surface area contributed by atoms with Crippen molar-refractivity contribution in [2.45, 2.75) is 33.1 Å². The number of hydrogen-bond acceptors (Lipinski definition) is 4. The van der Waals surface area contributed by atoms with Crippen molar-refractivity contribution in [2.24, 2.45) is 0 Å². The molecule has 0 spiro atoms. The molecule has 0 aliphatic heterocycles. The van der Waals surface area contributed by atoms with E-state index in [-0.39, 0.29) is 5.91 Å². The topological polar surface area (TPSA) is 96.6 Å². The highest BCUT2D eigenvalue weighted by Gasteiger charge is 2.29. The molecule has 2 N–H and O–H groups in total. The number of carboxylic acid groups (broad SMARTS) is 1. The average molecular weight is 352 g/mol. The summed E-state index contributed by atoms with van der Waals surface area (Å²) in [4.78, 5) is 28.2. The number of aromatic nitrogens is 3. The van der Waals surface area contributed by atoms with Gasteiger partial charge < -0.3 is 10.4 Å². The van der Waals surface area contributed by atoms with Crippen molar-refractivity contribution >= 4 is 23.2 Å². The monoisotopic (exact) mass is 352 g/mol. The Labute approximate surface area is 150 Å². The maximum atomic E-state index is 12.6. The molecule has 2 aromatic heterocycles. The number of aliphatic carboxylic acids is 1. The van der Waals surface area contributed by atoms with E-state index < -0.39 is 11.4 Å². The van der Waals surface area contributed by atoms with E-state index in [1.165, 1.54) is 6.20 Å². The zero-order valence-electron chi connectivity index (χ0n) is 15.1. The third kappa shape index (κ3) is 3.03. The number of hydrogen-bond donors (Lipinski definition) is 2. The Morgan fingerprint density at radius 2 is 1.81 bits per heavy atom. The Kier molecular flexibility index (Phi) is 4.23. The molecule has 0 aliphatic carbocycles. The molecule has 3 aromatic rings. The zero-order chi connectivity index (χ0) is 19.1. The van der Waals surface area contributed by atoms with Crippen LogP contribution < -0.4 is 5.32 Å². The maximum Gasteiger partial charge on any atom is 0.313 e. The summed E-state index contributed by atoms with van der Waals surface area (Å²) in [6, 6.07) is 8.63. The summed E-state index contributed by atoms with van der Waals surface area (Å²) >= 11 is 0. The fourth-order valence-corrected chi connectivity index (χ4v) is 2.68. The first-order valence-corrected chi connectivity index (χ1v) is 8.17. The Bertz CT molecular complexity index is 1000. The lowest BCUT2D eigenvalue weighted by molar-refractivity contribution is -0.142. The second kappa shape index (κ2) is 6.25. The highest BCUT2D eigenvalue weighted by Crippen LogP contribution is 2.25. The number of benzene rings is 1. The van der Waals surface area contributed by atoms with E-state index >= 15 is 0 Å². The molecular formula is C19H20N4O3. The van der Waals surface area contributed by atoms with Crippen molar-refractivity contribution in [3.05, 3.63) is 59.0 Å². The lowest BCUT2D eigenvalue weighted by Crippen LogP contribution is -2.28. The van der Waals surface area contributed by atoms with Crippen LogP contribution in [0.25, 0.3) is 5.65 Å². The summed E-state index contributed by atoms with van der Waals surface area (Å²) in [5.41, 5.74) is 2.89. The summed E-state index contributed by atoms with van der Waals surface area (Å²) in [6.07, 6.45) is 1.53. The van der Waals surface area contributed by atoms with Gasteiger partial charge in [-0.1, -0.05) is 12.1 Å². The van der Waals surface area contributed by atoms with Crippen LogP contribution in [-0.4, -0.2) is 31.6 Å². The minimum absolute atomic E-state index is 0.296. The van der Waals surface area contributed by atoms with Crippen LogP contribution in [0, 0.1) is 13.8 Å². The summed E-state index contributed by atoms with van der Waals surface area (Å²) in [7, 11) is 0. The average Bonchev–Trinajstić information content (AvgIpc) is 2.97. The van der Waals surface area contributed by atoms with E-state index in [1.54, 1.807) is 42.6 Å². The van der Waals surface area contributed by atoms with E-state index in [9.17, 15) is 14.7 Å². The highest BCUT2D eigenvalue weighted by atomic mass is 16.4.